The predicted molar refractivity (Wildman–Crippen MR) is 80.8 cm³/mol. The topological polar surface area (TPSA) is 38.0 Å². The average Bonchev–Trinajstić information content (AvgIpc) is 2.43. The molecular weight excluding hydrogens is 240 g/mol. The molecule has 18 heavy (non-hydrogen) atoms. The number of fused-ring (bicyclic) bond motifs is 1. The number of thioether (sulfide) groups is 1. The van der Waals surface area contributed by atoms with E-state index in [-0.39, 0.29) is 0 Å². The number of nitrogens with two attached hydrogens (primary N) is 1. The molecule has 0 heterocycles. The maximum Gasteiger partial charge on any atom is 0.0306 e. The number of nitrogens with one attached hydrogen (secondary N) is 1. The zero-order valence-electron chi connectivity index (χ0n) is 11.2. The molecule has 0 saturated carbocycles. The standard InChI is InChI=1S/C15H24N2S/c1-2-18-11-14(17-16)10-13-8-5-7-12-6-3-4-9-15(12)13/h3-4,6,9,13-14,17H,2,5,7-8,10-11,16H2,1H3. The van der Waals surface area contributed by atoms with Crippen molar-refractivity contribution in [2.24, 2.45) is 5.84 Å². The van der Waals surface area contributed by atoms with Gasteiger partial charge in [-0.1, -0.05) is 31.2 Å². The molecule has 2 unspecified atom stereocenters. The lowest BCUT2D eigenvalue weighted by atomic mass is 9.80. The Morgan fingerprint density at radius 1 is 1.44 bits per heavy atom. The highest BCUT2D eigenvalue weighted by atomic mass is 32.2. The first kappa shape index (κ1) is 13.9. The maximum absolute atomic E-state index is 5.69. The minimum Gasteiger partial charge on any atom is -0.271 e. The number of aryl methyl sites for hydroxylation is 1. The minimum atomic E-state index is 0.436. The van der Waals surface area contributed by atoms with Gasteiger partial charge in [-0.2, -0.15) is 11.8 Å². The lowest BCUT2D eigenvalue weighted by Crippen LogP contribution is -2.38. The van der Waals surface area contributed by atoms with Gasteiger partial charge in [0, 0.05) is 11.8 Å². The first-order chi connectivity index (χ1) is 8.85. The second-order valence-electron chi connectivity index (χ2n) is 5.05. The van der Waals surface area contributed by atoms with Gasteiger partial charge in [0.15, 0.2) is 0 Å². The van der Waals surface area contributed by atoms with Crippen LogP contribution in [0.15, 0.2) is 24.3 Å². The van der Waals surface area contributed by atoms with Gasteiger partial charge in [-0.3, -0.25) is 11.3 Å². The normalized spacial score (nSPS) is 20.4. The van der Waals surface area contributed by atoms with Crippen LogP contribution in [0.3, 0.4) is 0 Å². The van der Waals surface area contributed by atoms with Crippen LogP contribution < -0.4 is 11.3 Å². The van der Waals surface area contributed by atoms with E-state index in [4.69, 9.17) is 5.84 Å². The number of hydrazine groups is 1. The van der Waals surface area contributed by atoms with Gasteiger partial charge in [0.05, 0.1) is 0 Å². The van der Waals surface area contributed by atoms with Crippen molar-refractivity contribution < 1.29 is 0 Å². The van der Waals surface area contributed by atoms with Crippen LogP contribution in [0.1, 0.15) is 43.2 Å². The molecule has 1 aromatic carbocycles. The van der Waals surface area contributed by atoms with Crippen LogP contribution in [0.4, 0.5) is 0 Å². The maximum atomic E-state index is 5.69. The van der Waals surface area contributed by atoms with E-state index in [2.05, 4.69) is 36.6 Å². The molecule has 2 atom stereocenters. The zero-order chi connectivity index (χ0) is 12.8. The molecule has 0 amide bonds. The first-order valence-electron chi connectivity index (χ1n) is 6.96. The van der Waals surface area contributed by atoms with Gasteiger partial charge in [-0.05, 0) is 48.5 Å². The van der Waals surface area contributed by atoms with Gasteiger partial charge in [0.1, 0.15) is 0 Å². The summed E-state index contributed by atoms with van der Waals surface area (Å²) < 4.78 is 0. The van der Waals surface area contributed by atoms with Gasteiger partial charge in [0.2, 0.25) is 0 Å². The highest BCUT2D eigenvalue weighted by molar-refractivity contribution is 7.99. The Kier molecular flexibility index (Phi) is 5.54. The van der Waals surface area contributed by atoms with E-state index in [9.17, 15) is 0 Å². The van der Waals surface area contributed by atoms with Crippen LogP contribution in [0.2, 0.25) is 0 Å². The smallest absolute Gasteiger partial charge is 0.0306 e. The van der Waals surface area contributed by atoms with Crippen molar-refractivity contribution in [2.45, 2.75) is 44.6 Å². The number of hydrogen-bond donors (Lipinski definition) is 2. The van der Waals surface area contributed by atoms with Crippen LogP contribution in [0.5, 0.6) is 0 Å². The number of hydrogen-bond acceptors (Lipinski definition) is 3. The van der Waals surface area contributed by atoms with Crippen molar-refractivity contribution in [3.63, 3.8) is 0 Å². The van der Waals surface area contributed by atoms with E-state index in [1.807, 2.05) is 11.8 Å². The molecule has 0 aromatic heterocycles. The fraction of sp³-hybridized carbons (Fsp3) is 0.600. The Labute approximate surface area is 115 Å². The molecule has 1 aliphatic rings. The van der Waals surface area contributed by atoms with Crippen molar-refractivity contribution in [1.82, 2.24) is 5.43 Å². The molecule has 0 spiro atoms. The van der Waals surface area contributed by atoms with Crippen LogP contribution in [0.25, 0.3) is 0 Å². The highest BCUT2D eigenvalue weighted by Crippen LogP contribution is 2.34. The Morgan fingerprint density at radius 3 is 3.06 bits per heavy atom. The van der Waals surface area contributed by atoms with Gasteiger partial charge in [-0.15, -0.1) is 0 Å². The summed E-state index contributed by atoms with van der Waals surface area (Å²) in [7, 11) is 0. The van der Waals surface area contributed by atoms with E-state index >= 15 is 0 Å². The third-order valence-electron chi connectivity index (χ3n) is 3.82. The molecule has 0 saturated heterocycles. The average molecular weight is 264 g/mol. The summed E-state index contributed by atoms with van der Waals surface area (Å²) in [6.07, 6.45) is 5.05. The van der Waals surface area contributed by atoms with E-state index in [0.717, 1.165) is 5.75 Å². The van der Waals surface area contributed by atoms with Gasteiger partial charge < -0.3 is 0 Å². The SMILES string of the molecule is CCSCC(CC1CCCc2ccccc21)NN. The van der Waals surface area contributed by atoms with Gasteiger partial charge in [0.25, 0.3) is 0 Å². The van der Waals surface area contributed by atoms with E-state index in [1.54, 1.807) is 11.1 Å². The largest absolute Gasteiger partial charge is 0.271 e. The Balaban J connectivity index is 2.01. The summed E-state index contributed by atoms with van der Waals surface area (Å²) in [6.45, 7) is 2.20. The Bertz CT molecular complexity index is 367. The molecule has 2 rings (SSSR count). The molecule has 0 aliphatic heterocycles. The predicted octanol–water partition coefficient (Wildman–Crippen LogP) is 3.08. The summed E-state index contributed by atoms with van der Waals surface area (Å²) in [5.41, 5.74) is 6.10. The minimum absolute atomic E-state index is 0.436. The molecule has 100 valence electrons. The van der Waals surface area contributed by atoms with Crippen LogP contribution >= 0.6 is 11.8 Å². The molecule has 0 fully saturated rings. The molecular formula is C15H24N2S. The fourth-order valence-corrected chi connectivity index (χ4v) is 3.64. The van der Waals surface area contributed by atoms with Crippen LogP contribution in [-0.2, 0) is 6.42 Å². The lowest BCUT2D eigenvalue weighted by Gasteiger charge is -2.28. The third kappa shape index (κ3) is 3.50. The van der Waals surface area contributed by atoms with Crippen molar-refractivity contribution in [3.8, 4) is 0 Å². The van der Waals surface area contributed by atoms with E-state index in [1.165, 1.54) is 31.4 Å². The summed E-state index contributed by atoms with van der Waals surface area (Å²) in [5.74, 6) is 8.66. The van der Waals surface area contributed by atoms with Crippen molar-refractivity contribution >= 4 is 11.8 Å². The lowest BCUT2D eigenvalue weighted by molar-refractivity contribution is 0.440. The molecule has 3 heteroatoms. The van der Waals surface area contributed by atoms with Gasteiger partial charge in [-0.25, -0.2) is 0 Å². The molecule has 0 radical (unpaired) electrons. The summed E-state index contributed by atoms with van der Waals surface area (Å²) in [6, 6.07) is 9.36. The number of benzene rings is 1. The summed E-state index contributed by atoms with van der Waals surface area (Å²) in [4.78, 5) is 0. The van der Waals surface area contributed by atoms with Crippen LogP contribution in [-0.4, -0.2) is 17.5 Å². The van der Waals surface area contributed by atoms with Crippen molar-refractivity contribution in [3.05, 3.63) is 35.4 Å². The zero-order valence-corrected chi connectivity index (χ0v) is 12.0. The molecule has 2 nitrogen and oxygen atoms in total. The van der Waals surface area contributed by atoms with Gasteiger partial charge >= 0.3 is 0 Å². The summed E-state index contributed by atoms with van der Waals surface area (Å²) >= 11 is 1.97. The monoisotopic (exact) mass is 264 g/mol. The van der Waals surface area contributed by atoms with Crippen molar-refractivity contribution in [1.29, 1.82) is 0 Å². The fourth-order valence-electron chi connectivity index (χ4n) is 2.89. The Hall–Kier alpha value is -0.510. The highest BCUT2D eigenvalue weighted by Gasteiger charge is 2.22. The van der Waals surface area contributed by atoms with E-state index < -0.39 is 0 Å². The first-order valence-corrected chi connectivity index (χ1v) is 8.12. The van der Waals surface area contributed by atoms with E-state index in [0.29, 0.717) is 12.0 Å². The summed E-state index contributed by atoms with van der Waals surface area (Å²) in [5, 5.41) is 0. The number of rotatable bonds is 6. The molecule has 1 aliphatic carbocycles. The molecule has 1 aromatic rings. The van der Waals surface area contributed by atoms with Crippen LogP contribution in [0, 0.1) is 0 Å². The third-order valence-corrected chi connectivity index (χ3v) is 4.87. The second kappa shape index (κ2) is 7.17. The molecule has 0 bridgehead atoms. The Morgan fingerprint density at radius 2 is 2.28 bits per heavy atom. The quantitative estimate of drug-likeness (QED) is 0.612. The second-order valence-corrected chi connectivity index (χ2v) is 6.37. The van der Waals surface area contributed by atoms with Crippen molar-refractivity contribution in [2.75, 3.05) is 11.5 Å². The molecule has 3 N–H and O–H groups in total.